The number of nitrogens with zero attached hydrogens (tertiary/aromatic N) is 5. The van der Waals surface area contributed by atoms with E-state index in [9.17, 15) is 4.79 Å². The van der Waals surface area contributed by atoms with Crippen LogP contribution in [0.25, 0.3) is 5.69 Å². The van der Waals surface area contributed by atoms with Crippen LogP contribution < -0.4 is 15.0 Å². The maximum absolute atomic E-state index is 12.7. The number of aromatic nitrogens is 3. The highest BCUT2D eigenvalue weighted by Gasteiger charge is 2.24. The Morgan fingerprint density at radius 2 is 1.88 bits per heavy atom. The number of carbonyl (C=O) groups is 1. The van der Waals surface area contributed by atoms with Gasteiger partial charge >= 0.3 is 0 Å². The Labute approximate surface area is 194 Å². The molecule has 0 saturated carbocycles. The molecule has 3 heterocycles. The Morgan fingerprint density at radius 3 is 2.59 bits per heavy atom. The van der Waals surface area contributed by atoms with E-state index in [4.69, 9.17) is 4.74 Å². The number of benzene rings is 1. The van der Waals surface area contributed by atoms with Crippen LogP contribution in [0.4, 0.5) is 5.95 Å². The minimum atomic E-state index is 0.0547. The van der Waals surface area contributed by atoms with Crippen molar-refractivity contribution in [2.24, 2.45) is 0 Å². The molecule has 2 aliphatic rings. The van der Waals surface area contributed by atoms with Crippen LogP contribution in [0, 0.1) is 0 Å². The lowest BCUT2D eigenvalue weighted by Crippen LogP contribution is -2.45. The number of nitrogens with one attached hydrogen (secondary N) is 1. The SMILES string of the molecule is CCN1CCC(NC(=O)CSc2nnc(N3CCCCC3)n2-c2ccccc2OC)CC1. The van der Waals surface area contributed by atoms with E-state index in [2.05, 4.69) is 32.2 Å². The first-order chi connectivity index (χ1) is 15.7. The zero-order valence-corrected chi connectivity index (χ0v) is 19.9. The Hall–Kier alpha value is -2.26. The van der Waals surface area contributed by atoms with Gasteiger partial charge in [-0.3, -0.25) is 9.36 Å². The largest absolute Gasteiger partial charge is 0.495 e. The lowest BCUT2D eigenvalue weighted by molar-refractivity contribution is -0.119. The second-order valence-corrected chi connectivity index (χ2v) is 9.34. The molecule has 0 atom stereocenters. The molecule has 1 amide bonds. The summed E-state index contributed by atoms with van der Waals surface area (Å²) in [7, 11) is 1.67. The van der Waals surface area contributed by atoms with E-state index < -0.39 is 0 Å². The fourth-order valence-electron chi connectivity index (χ4n) is 4.47. The monoisotopic (exact) mass is 458 g/mol. The van der Waals surface area contributed by atoms with Gasteiger partial charge in [0, 0.05) is 32.2 Å². The molecule has 4 rings (SSSR count). The Kier molecular flexibility index (Phi) is 7.91. The molecule has 9 heteroatoms. The predicted molar refractivity (Wildman–Crippen MR) is 128 cm³/mol. The van der Waals surface area contributed by atoms with Crippen molar-refractivity contribution in [2.75, 3.05) is 50.5 Å². The van der Waals surface area contributed by atoms with Crippen molar-refractivity contribution in [2.45, 2.75) is 50.2 Å². The van der Waals surface area contributed by atoms with E-state index >= 15 is 0 Å². The molecule has 2 fully saturated rings. The molecular formula is C23H34N6O2S. The molecule has 8 nitrogen and oxygen atoms in total. The van der Waals surface area contributed by atoms with Crippen molar-refractivity contribution in [3.8, 4) is 11.4 Å². The Morgan fingerprint density at radius 1 is 1.12 bits per heavy atom. The molecule has 1 aromatic heterocycles. The van der Waals surface area contributed by atoms with Crippen LogP contribution in [0.2, 0.25) is 0 Å². The lowest BCUT2D eigenvalue weighted by atomic mass is 10.1. The lowest BCUT2D eigenvalue weighted by Gasteiger charge is -2.31. The van der Waals surface area contributed by atoms with Gasteiger partial charge in [-0.15, -0.1) is 10.2 Å². The van der Waals surface area contributed by atoms with Crippen molar-refractivity contribution in [1.29, 1.82) is 0 Å². The number of carbonyl (C=O) groups excluding carboxylic acids is 1. The van der Waals surface area contributed by atoms with Crippen LogP contribution in [0.1, 0.15) is 39.0 Å². The third kappa shape index (κ3) is 5.38. The van der Waals surface area contributed by atoms with E-state index in [0.717, 1.165) is 75.8 Å². The minimum absolute atomic E-state index is 0.0547. The van der Waals surface area contributed by atoms with Gasteiger partial charge < -0.3 is 19.9 Å². The average molecular weight is 459 g/mol. The third-order valence-electron chi connectivity index (χ3n) is 6.31. The molecule has 0 radical (unpaired) electrons. The van der Waals surface area contributed by atoms with Gasteiger partial charge in [-0.2, -0.15) is 0 Å². The zero-order chi connectivity index (χ0) is 22.3. The maximum Gasteiger partial charge on any atom is 0.232 e. The predicted octanol–water partition coefficient (Wildman–Crippen LogP) is 2.96. The molecule has 2 aliphatic heterocycles. The number of methoxy groups -OCH3 is 1. The first-order valence-electron chi connectivity index (χ1n) is 11.7. The van der Waals surface area contributed by atoms with Gasteiger partial charge in [0.15, 0.2) is 5.16 Å². The molecule has 174 valence electrons. The normalized spacial score (nSPS) is 18.0. The van der Waals surface area contributed by atoms with Crippen molar-refractivity contribution in [3.63, 3.8) is 0 Å². The number of amides is 1. The highest BCUT2D eigenvalue weighted by molar-refractivity contribution is 7.99. The number of likely N-dealkylation sites (tertiary alicyclic amines) is 1. The summed E-state index contributed by atoms with van der Waals surface area (Å²) in [4.78, 5) is 17.4. The summed E-state index contributed by atoms with van der Waals surface area (Å²) in [5, 5.41) is 12.9. The highest BCUT2D eigenvalue weighted by atomic mass is 32.2. The summed E-state index contributed by atoms with van der Waals surface area (Å²) >= 11 is 1.43. The summed E-state index contributed by atoms with van der Waals surface area (Å²) in [5.41, 5.74) is 0.899. The van der Waals surface area contributed by atoms with Gasteiger partial charge in [-0.1, -0.05) is 30.8 Å². The van der Waals surface area contributed by atoms with Gasteiger partial charge in [0.05, 0.1) is 18.6 Å². The van der Waals surface area contributed by atoms with Crippen LogP contribution in [0.3, 0.4) is 0 Å². The van der Waals surface area contributed by atoms with Crippen LogP contribution in [0.5, 0.6) is 5.75 Å². The van der Waals surface area contributed by atoms with Crippen molar-refractivity contribution >= 4 is 23.6 Å². The summed E-state index contributed by atoms with van der Waals surface area (Å²) in [6.45, 7) is 7.30. The molecule has 0 bridgehead atoms. The molecule has 0 unspecified atom stereocenters. The summed E-state index contributed by atoms with van der Waals surface area (Å²) in [5.74, 6) is 1.96. The van der Waals surface area contributed by atoms with Gasteiger partial charge in [0.25, 0.3) is 0 Å². The minimum Gasteiger partial charge on any atom is -0.495 e. The molecule has 0 aliphatic carbocycles. The van der Waals surface area contributed by atoms with E-state index in [1.807, 2.05) is 28.8 Å². The molecule has 1 aromatic carbocycles. The molecular weight excluding hydrogens is 424 g/mol. The number of hydrogen-bond donors (Lipinski definition) is 1. The summed E-state index contributed by atoms with van der Waals surface area (Å²) in [6.07, 6.45) is 5.58. The topological polar surface area (TPSA) is 75.5 Å². The number of ether oxygens (including phenoxy) is 1. The molecule has 0 spiro atoms. The molecule has 2 aromatic rings. The number of anilines is 1. The van der Waals surface area contributed by atoms with Gasteiger partial charge in [0.2, 0.25) is 11.9 Å². The second-order valence-electron chi connectivity index (χ2n) is 8.40. The number of rotatable bonds is 8. The zero-order valence-electron chi connectivity index (χ0n) is 19.1. The van der Waals surface area contributed by atoms with Crippen LogP contribution in [0.15, 0.2) is 29.4 Å². The fourth-order valence-corrected chi connectivity index (χ4v) is 5.22. The summed E-state index contributed by atoms with van der Waals surface area (Å²) < 4.78 is 7.67. The van der Waals surface area contributed by atoms with Gasteiger partial charge in [-0.05, 0) is 50.8 Å². The van der Waals surface area contributed by atoms with E-state index in [-0.39, 0.29) is 11.9 Å². The molecule has 1 N–H and O–H groups in total. The Bertz CT molecular complexity index is 890. The number of hydrogen-bond acceptors (Lipinski definition) is 7. The Balaban J connectivity index is 1.48. The van der Waals surface area contributed by atoms with Crippen molar-refractivity contribution in [3.05, 3.63) is 24.3 Å². The maximum atomic E-state index is 12.7. The quantitative estimate of drug-likeness (QED) is 0.610. The molecule has 32 heavy (non-hydrogen) atoms. The van der Waals surface area contributed by atoms with Crippen LogP contribution in [-0.2, 0) is 4.79 Å². The summed E-state index contributed by atoms with van der Waals surface area (Å²) in [6, 6.07) is 8.17. The number of thioether (sulfide) groups is 1. The van der Waals surface area contributed by atoms with Gasteiger partial charge in [-0.25, -0.2) is 0 Å². The first kappa shape index (κ1) is 22.9. The number of piperidine rings is 2. The highest BCUT2D eigenvalue weighted by Crippen LogP contribution is 2.32. The second kappa shape index (κ2) is 11.0. The third-order valence-corrected chi connectivity index (χ3v) is 7.24. The number of para-hydroxylation sites is 2. The van der Waals surface area contributed by atoms with Crippen molar-refractivity contribution < 1.29 is 9.53 Å². The first-order valence-corrected chi connectivity index (χ1v) is 12.7. The molecule has 2 saturated heterocycles. The van der Waals surface area contributed by atoms with E-state index in [0.29, 0.717) is 10.9 Å². The van der Waals surface area contributed by atoms with E-state index in [1.54, 1.807) is 7.11 Å². The fraction of sp³-hybridized carbons (Fsp3) is 0.609. The van der Waals surface area contributed by atoms with Gasteiger partial charge in [0.1, 0.15) is 5.75 Å². The van der Waals surface area contributed by atoms with Crippen molar-refractivity contribution in [1.82, 2.24) is 25.0 Å². The van der Waals surface area contributed by atoms with E-state index in [1.165, 1.54) is 18.2 Å². The van der Waals surface area contributed by atoms with Crippen LogP contribution in [-0.4, -0.2) is 77.2 Å². The van der Waals surface area contributed by atoms with Crippen LogP contribution >= 0.6 is 11.8 Å². The standard InChI is InChI=1S/C23H34N6O2S/c1-3-27-15-11-18(12-16-27)24-21(30)17-32-23-26-25-22(28-13-7-4-8-14-28)29(23)19-9-5-6-10-20(19)31-2/h5-6,9-10,18H,3-4,7-8,11-17H2,1-2H3,(H,24,30). The smallest absolute Gasteiger partial charge is 0.232 e. The average Bonchev–Trinajstić information content (AvgIpc) is 3.27.